The van der Waals surface area contributed by atoms with Crippen molar-refractivity contribution in [3.8, 4) is 22.9 Å². The van der Waals surface area contributed by atoms with E-state index in [2.05, 4.69) is 9.97 Å². The Morgan fingerprint density at radius 2 is 1.94 bits per heavy atom. The van der Waals surface area contributed by atoms with Crippen molar-refractivity contribution in [2.24, 2.45) is 0 Å². The van der Waals surface area contributed by atoms with Gasteiger partial charge in [0.2, 0.25) is 0 Å². The molecule has 4 rings (SSSR count). The summed E-state index contributed by atoms with van der Waals surface area (Å²) in [6, 6.07) is 14.9. The third kappa shape index (κ3) is 4.18. The Morgan fingerprint density at radius 1 is 1.10 bits per heavy atom. The predicted molar refractivity (Wildman–Crippen MR) is 115 cm³/mol. The van der Waals surface area contributed by atoms with Gasteiger partial charge in [-0.15, -0.1) is 0 Å². The van der Waals surface area contributed by atoms with Crippen molar-refractivity contribution in [1.82, 2.24) is 9.97 Å². The summed E-state index contributed by atoms with van der Waals surface area (Å²) in [6.07, 6.45) is 0. The molecule has 1 aromatic heterocycles. The first-order valence-corrected chi connectivity index (χ1v) is 9.70. The number of hydrogen-bond donors (Lipinski definition) is 1. The van der Waals surface area contributed by atoms with Crippen LogP contribution in [0.1, 0.15) is 15.9 Å². The molecule has 0 amide bonds. The van der Waals surface area contributed by atoms with E-state index in [4.69, 9.17) is 25.8 Å². The van der Waals surface area contributed by atoms with Gasteiger partial charge in [0, 0.05) is 11.1 Å². The highest BCUT2D eigenvalue weighted by atomic mass is 35.5. The van der Waals surface area contributed by atoms with Crippen LogP contribution in [0.15, 0.2) is 54.6 Å². The summed E-state index contributed by atoms with van der Waals surface area (Å²) >= 11 is 6.06. The van der Waals surface area contributed by atoms with Gasteiger partial charge in [0.15, 0.2) is 11.5 Å². The average molecular weight is 441 g/mol. The topological polar surface area (TPSA) is 73.4 Å². The Bertz CT molecular complexity index is 1250. The molecular formula is C23H18ClFN2O4. The van der Waals surface area contributed by atoms with Crippen molar-refractivity contribution in [2.75, 3.05) is 14.2 Å². The van der Waals surface area contributed by atoms with E-state index >= 15 is 0 Å². The number of carbonyl (C=O) groups excluding carboxylic acids is 1. The zero-order valence-electron chi connectivity index (χ0n) is 16.7. The molecular weight excluding hydrogens is 423 g/mol. The lowest BCUT2D eigenvalue weighted by Crippen LogP contribution is -2.01. The summed E-state index contributed by atoms with van der Waals surface area (Å²) in [4.78, 5) is 19.5. The molecule has 0 atom stereocenters. The SMILES string of the molecule is COC(=O)c1ccc2nc(-c3ccc(OCc4c(F)cccc4Cl)c(OC)c3)[nH]c2c1. The largest absolute Gasteiger partial charge is 0.493 e. The number of aromatic nitrogens is 2. The second kappa shape index (κ2) is 8.65. The van der Waals surface area contributed by atoms with Gasteiger partial charge in [0.1, 0.15) is 18.2 Å². The average Bonchev–Trinajstić information content (AvgIpc) is 3.21. The Kier molecular flexibility index (Phi) is 5.77. The first-order valence-electron chi connectivity index (χ1n) is 9.32. The van der Waals surface area contributed by atoms with Crippen molar-refractivity contribution < 1.29 is 23.4 Å². The lowest BCUT2D eigenvalue weighted by atomic mass is 10.2. The lowest BCUT2D eigenvalue weighted by molar-refractivity contribution is 0.0601. The van der Waals surface area contributed by atoms with Crippen molar-refractivity contribution >= 4 is 28.6 Å². The lowest BCUT2D eigenvalue weighted by Gasteiger charge is -2.13. The number of methoxy groups -OCH3 is 2. The van der Waals surface area contributed by atoms with Crippen LogP contribution in [0, 0.1) is 5.82 Å². The fraction of sp³-hybridized carbons (Fsp3) is 0.130. The van der Waals surface area contributed by atoms with Crippen molar-refractivity contribution in [1.29, 1.82) is 0 Å². The molecule has 31 heavy (non-hydrogen) atoms. The molecule has 0 radical (unpaired) electrons. The first kappa shape index (κ1) is 20.7. The molecule has 0 spiro atoms. The van der Waals surface area contributed by atoms with Crippen molar-refractivity contribution in [3.63, 3.8) is 0 Å². The van der Waals surface area contributed by atoms with E-state index in [9.17, 15) is 9.18 Å². The molecule has 3 aromatic carbocycles. The maximum atomic E-state index is 14.0. The van der Waals surface area contributed by atoms with E-state index in [-0.39, 0.29) is 12.2 Å². The van der Waals surface area contributed by atoms with Gasteiger partial charge in [-0.2, -0.15) is 0 Å². The molecule has 0 bridgehead atoms. The van der Waals surface area contributed by atoms with Crippen molar-refractivity contribution in [2.45, 2.75) is 6.61 Å². The maximum absolute atomic E-state index is 14.0. The number of nitrogens with one attached hydrogen (secondary N) is 1. The molecule has 158 valence electrons. The normalized spacial score (nSPS) is 10.8. The minimum Gasteiger partial charge on any atom is -0.493 e. The van der Waals surface area contributed by atoms with Gasteiger partial charge in [-0.05, 0) is 48.5 Å². The number of imidazole rings is 1. The van der Waals surface area contributed by atoms with E-state index in [0.29, 0.717) is 38.9 Å². The Hall–Kier alpha value is -3.58. The van der Waals surface area contributed by atoms with E-state index in [0.717, 1.165) is 5.56 Å². The fourth-order valence-electron chi connectivity index (χ4n) is 3.15. The molecule has 0 aliphatic rings. The van der Waals surface area contributed by atoms with Crippen LogP contribution in [0.25, 0.3) is 22.4 Å². The highest BCUT2D eigenvalue weighted by Crippen LogP contribution is 2.33. The van der Waals surface area contributed by atoms with Gasteiger partial charge in [-0.25, -0.2) is 14.2 Å². The number of fused-ring (bicyclic) bond motifs is 1. The molecule has 6 nitrogen and oxygen atoms in total. The van der Waals surface area contributed by atoms with Crippen LogP contribution in [0.3, 0.4) is 0 Å². The summed E-state index contributed by atoms with van der Waals surface area (Å²) in [5.41, 5.74) is 2.86. The second-order valence-corrected chi connectivity index (χ2v) is 7.07. The number of esters is 1. The highest BCUT2D eigenvalue weighted by Gasteiger charge is 2.14. The minimum absolute atomic E-state index is 0.0395. The highest BCUT2D eigenvalue weighted by molar-refractivity contribution is 6.31. The number of ether oxygens (including phenoxy) is 3. The van der Waals surface area contributed by atoms with E-state index in [1.165, 1.54) is 26.4 Å². The van der Waals surface area contributed by atoms with Crippen LogP contribution in [-0.2, 0) is 11.3 Å². The maximum Gasteiger partial charge on any atom is 0.337 e. The monoisotopic (exact) mass is 440 g/mol. The first-order chi connectivity index (χ1) is 15.0. The Morgan fingerprint density at radius 3 is 2.68 bits per heavy atom. The van der Waals surface area contributed by atoms with Crippen LogP contribution < -0.4 is 9.47 Å². The third-order valence-corrected chi connectivity index (χ3v) is 5.13. The van der Waals surface area contributed by atoms with Crippen LogP contribution in [0.5, 0.6) is 11.5 Å². The fourth-order valence-corrected chi connectivity index (χ4v) is 3.36. The number of benzene rings is 3. The number of rotatable bonds is 6. The number of aromatic amines is 1. The predicted octanol–water partition coefficient (Wildman–Crippen LogP) is 5.40. The smallest absolute Gasteiger partial charge is 0.337 e. The Labute approximate surface area is 182 Å². The molecule has 1 N–H and O–H groups in total. The van der Waals surface area contributed by atoms with Gasteiger partial charge in [-0.3, -0.25) is 0 Å². The van der Waals surface area contributed by atoms with E-state index < -0.39 is 11.8 Å². The van der Waals surface area contributed by atoms with Gasteiger partial charge in [0.05, 0.1) is 35.8 Å². The van der Waals surface area contributed by atoms with E-state index in [1.807, 2.05) is 0 Å². The molecule has 1 heterocycles. The molecule has 8 heteroatoms. The van der Waals surface area contributed by atoms with Gasteiger partial charge < -0.3 is 19.2 Å². The molecule has 4 aromatic rings. The van der Waals surface area contributed by atoms with Crippen LogP contribution in [0.4, 0.5) is 4.39 Å². The van der Waals surface area contributed by atoms with Gasteiger partial charge in [-0.1, -0.05) is 17.7 Å². The molecule has 0 unspecified atom stereocenters. The summed E-state index contributed by atoms with van der Waals surface area (Å²) < 4.78 is 29.9. The molecule has 0 saturated carbocycles. The summed E-state index contributed by atoms with van der Waals surface area (Å²) in [7, 11) is 2.85. The number of carbonyl (C=O) groups is 1. The van der Waals surface area contributed by atoms with E-state index in [1.54, 1.807) is 42.5 Å². The Balaban J connectivity index is 1.61. The second-order valence-electron chi connectivity index (χ2n) is 6.66. The number of halogens is 2. The third-order valence-electron chi connectivity index (χ3n) is 4.77. The number of H-pyrrole nitrogens is 1. The van der Waals surface area contributed by atoms with Crippen LogP contribution in [-0.4, -0.2) is 30.2 Å². The number of nitrogens with zero attached hydrogens (tertiary/aromatic N) is 1. The molecule has 0 aliphatic carbocycles. The molecule has 0 fully saturated rings. The zero-order chi connectivity index (χ0) is 22.0. The standard InChI is InChI=1S/C23H18ClFN2O4/c1-29-21-11-13(7-9-20(21)31-12-15-16(24)4-3-5-17(15)25)22-26-18-8-6-14(23(28)30-2)10-19(18)27-22/h3-11H,12H2,1-2H3,(H,26,27). The zero-order valence-corrected chi connectivity index (χ0v) is 17.5. The summed E-state index contributed by atoms with van der Waals surface area (Å²) in [5, 5.41) is 0.296. The molecule has 0 saturated heterocycles. The quantitative estimate of drug-likeness (QED) is 0.406. The van der Waals surface area contributed by atoms with Crippen LogP contribution in [0.2, 0.25) is 5.02 Å². The van der Waals surface area contributed by atoms with Crippen molar-refractivity contribution in [3.05, 3.63) is 76.6 Å². The minimum atomic E-state index is -0.434. The van der Waals surface area contributed by atoms with Gasteiger partial charge >= 0.3 is 5.97 Å². The molecule has 0 aliphatic heterocycles. The number of hydrogen-bond acceptors (Lipinski definition) is 5. The summed E-state index contributed by atoms with van der Waals surface area (Å²) in [5.74, 6) is 0.641. The van der Waals surface area contributed by atoms with Gasteiger partial charge in [0.25, 0.3) is 0 Å². The van der Waals surface area contributed by atoms with Crippen LogP contribution >= 0.6 is 11.6 Å². The summed E-state index contributed by atoms with van der Waals surface area (Å²) in [6.45, 7) is -0.0395.